The van der Waals surface area contributed by atoms with Crippen LogP contribution in [-0.4, -0.2) is 41.6 Å². The van der Waals surface area contributed by atoms with Crippen LogP contribution in [0.15, 0.2) is 16.9 Å². The van der Waals surface area contributed by atoms with Crippen LogP contribution >= 0.6 is 0 Å². The second kappa shape index (κ2) is 5.57. The number of aromatic nitrogens is 1. The molecule has 0 bridgehead atoms. The van der Waals surface area contributed by atoms with E-state index >= 15 is 0 Å². The first kappa shape index (κ1) is 13.8. The van der Waals surface area contributed by atoms with Gasteiger partial charge in [0.25, 0.3) is 11.5 Å². The molecule has 1 amide bonds. The third-order valence-corrected chi connectivity index (χ3v) is 3.57. The van der Waals surface area contributed by atoms with E-state index in [1.807, 2.05) is 19.9 Å². The molecule has 2 rings (SSSR count). The van der Waals surface area contributed by atoms with Crippen molar-refractivity contribution in [2.45, 2.75) is 19.8 Å². The summed E-state index contributed by atoms with van der Waals surface area (Å²) >= 11 is 0. The summed E-state index contributed by atoms with van der Waals surface area (Å²) in [6.07, 6.45) is 0. The molecule has 0 aliphatic carbocycles. The molecule has 0 spiro atoms. The molecule has 5 nitrogen and oxygen atoms in total. The average molecular weight is 263 g/mol. The molecule has 104 valence electrons. The van der Waals surface area contributed by atoms with Crippen molar-refractivity contribution in [2.75, 3.05) is 26.2 Å². The lowest BCUT2D eigenvalue weighted by Crippen LogP contribution is -2.47. The highest BCUT2D eigenvalue weighted by molar-refractivity contribution is 5.94. The lowest BCUT2D eigenvalue weighted by Gasteiger charge is -2.27. The van der Waals surface area contributed by atoms with Gasteiger partial charge in [0.2, 0.25) is 0 Å². The van der Waals surface area contributed by atoms with Crippen LogP contribution in [-0.2, 0) is 7.05 Å². The summed E-state index contributed by atoms with van der Waals surface area (Å²) in [6, 6.07) is 3.55. The molecular formula is C14H21N3O2. The van der Waals surface area contributed by atoms with E-state index < -0.39 is 0 Å². The topological polar surface area (TPSA) is 54.3 Å². The molecule has 1 aliphatic rings. The first-order valence-electron chi connectivity index (χ1n) is 6.72. The summed E-state index contributed by atoms with van der Waals surface area (Å²) in [5.41, 5.74) is 1.02. The van der Waals surface area contributed by atoms with Gasteiger partial charge in [-0.2, -0.15) is 0 Å². The van der Waals surface area contributed by atoms with E-state index in [1.165, 1.54) is 0 Å². The standard InChI is InChI=1S/C14H21N3O2/c1-10(2)12-5-4-11(13(18)16(12)3)14(19)17-8-6-15-7-9-17/h4-5,10,15H,6-9H2,1-3H3. The highest BCUT2D eigenvalue weighted by Crippen LogP contribution is 2.12. The number of nitrogens with zero attached hydrogens (tertiary/aromatic N) is 2. The van der Waals surface area contributed by atoms with Crippen molar-refractivity contribution in [3.05, 3.63) is 33.7 Å². The van der Waals surface area contributed by atoms with Crippen LogP contribution in [0.3, 0.4) is 0 Å². The predicted octanol–water partition coefficient (Wildman–Crippen LogP) is 0.554. The minimum absolute atomic E-state index is 0.155. The molecule has 2 heterocycles. The van der Waals surface area contributed by atoms with E-state index in [9.17, 15) is 9.59 Å². The Hall–Kier alpha value is -1.62. The van der Waals surface area contributed by atoms with E-state index in [0.717, 1.165) is 18.8 Å². The van der Waals surface area contributed by atoms with Gasteiger partial charge in [-0.15, -0.1) is 0 Å². The van der Waals surface area contributed by atoms with Gasteiger partial charge >= 0.3 is 0 Å². The third kappa shape index (κ3) is 2.71. The zero-order chi connectivity index (χ0) is 14.0. The molecule has 0 unspecified atom stereocenters. The second-order valence-corrected chi connectivity index (χ2v) is 5.23. The number of amides is 1. The zero-order valence-electron chi connectivity index (χ0n) is 11.8. The number of hydrogen-bond acceptors (Lipinski definition) is 3. The monoisotopic (exact) mass is 263 g/mol. The number of carbonyl (C=O) groups excluding carboxylic acids is 1. The fourth-order valence-corrected chi connectivity index (χ4v) is 2.43. The fraction of sp³-hybridized carbons (Fsp3) is 0.571. The van der Waals surface area contributed by atoms with E-state index in [-0.39, 0.29) is 22.9 Å². The normalized spacial score (nSPS) is 15.9. The van der Waals surface area contributed by atoms with Crippen molar-refractivity contribution < 1.29 is 4.79 Å². The number of carbonyl (C=O) groups is 1. The lowest BCUT2D eigenvalue weighted by molar-refractivity contribution is 0.0733. The van der Waals surface area contributed by atoms with Crippen molar-refractivity contribution in [1.82, 2.24) is 14.8 Å². The molecule has 1 saturated heterocycles. The smallest absolute Gasteiger partial charge is 0.263 e. The summed E-state index contributed by atoms with van der Waals surface area (Å²) in [6.45, 7) is 6.97. The molecule has 1 fully saturated rings. The van der Waals surface area contributed by atoms with Gasteiger partial charge < -0.3 is 14.8 Å². The van der Waals surface area contributed by atoms with Gasteiger partial charge in [0.1, 0.15) is 5.56 Å². The van der Waals surface area contributed by atoms with Gasteiger partial charge in [-0.1, -0.05) is 13.8 Å². The second-order valence-electron chi connectivity index (χ2n) is 5.23. The maximum absolute atomic E-state index is 12.3. The molecule has 19 heavy (non-hydrogen) atoms. The van der Waals surface area contributed by atoms with Crippen molar-refractivity contribution in [2.24, 2.45) is 7.05 Å². The van der Waals surface area contributed by atoms with Crippen molar-refractivity contribution in [3.63, 3.8) is 0 Å². The summed E-state index contributed by atoms with van der Waals surface area (Å²) in [5.74, 6) is 0.110. The van der Waals surface area contributed by atoms with Crippen LogP contribution in [0, 0.1) is 0 Å². The van der Waals surface area contributed by atoms with E-state index in [1.54, 1.807) is 22.6 Å². The Balaban J connectivity index is 2.33. The number of hydrogen-bond donors (Lipinski definition) is 1. The van der Waals surface area contributed by atoms with Gasteiger partial charge in [-0.25, -0.2) is 0 Å². The summed E-state index contributed by atoms with van der Waals surface area (Å²) in [5, 5.41) is 3.19. The largest absolute Gasteiger partial charge is 0.336 e. The van der Waals surface area contributed by atoms with Gasteiger partial charge in [-0.3, -0.25) is 9.59 Å². The van der Waals surface area contributed by atoms with Crippen molar-refractivity contribution in [1.29, 1.82) is 0 Å². The van der Waals surface area contributed by atoms with Crippen molar-refractivity contribution >= 4 is 5.91 Å². The highest BCUT2D eigenvalue weighted by atomic mass is 16.2. The van der Waals surface area contributed by atoms with Crippen LogP contribution in [0.4, 0.5) is 0 Å². The van der Waals surface area contributed by atoms with E-state index in [0.29, 0.717) is 13.1 Å². The zero-order valence-corrected chi connectivity index (χ0v) is 11.8. The molecule has 1 N–H and O–H groups in total. The predicted molar refractivity (Wildman–Crippen MR) is 74.5 cm³/mol. The molecule has 0 aromatic carbocycles. The first-order chi connectivity index (χ1) is 9.02. The Kier molecular flexibility index (Phi) is 4.04. The minimum Gasteiger partial charge on any atom is -0.336 e. The Bertz CT molecular complexity index is 528. The van der Waals surface area contributed by atoms with Gasteiger partial charge in [-0.05, 0) is 18.1 Å². The molecular weight excluding hydrogens is 242 g/mol. The maximum Gasteiger partial charge on any atom is 0.263 e. The molecule has 1 aliphatic heterocycles. The molecule has 1 aromatic heterocycles. The van der Waals surface area contributed by atoms with Crippen LogP contribution in [0.1, 0.15) is 35.8 Å². The minimum atomic E-state index is -0.199. The molecule has 0 saturated carbocycles. The van der Waals surface area contributed by atoms with Gasteiger partial charge in [0, 0.05) is 38.9 Å². The lowest BCUT2D eigenvalue weighted by atomic mass is 10.1. The van der Waals surface area contributed by atoms with Crippen LogP contribution in [0.5, 0.6) is 0 Å². The van der Waals surface area contributed by atoms with Gasteiger partial charge in [0.15, 0.2) is 0 Å². The molecule has 0 atom stereocenters. The van der Waals surface area contributed by atoms with Crippen LogP contribution in [0.25, 0.3) is 0 Å². The van der Waals surface area contributed by atoms with Gasteiger partial charge in [0.05, 0.1) is 0 Å². The Morgan fingerprint density at radius 2 is 1.89 bits per heavy atom. The number of pyridine rings is 1. The Labute approximate surface area is 113 Å². The van der Waals surface area contributed by atoms with Crippen LogP contribution in [0.2, 0.25) is 0 Å². The number of nitrogens with one attached hydrogen (secondary N) is 1. The molecule has 1 aromatic rings. The maximum atomic E-state index is 12.3. The Morgan fingerprint density at radius 3 is 2.47 bits per heavy atom. The quantitative estimate of drug-likeness (QED) is 0.848. The summed E-state index contributed by atoms with van der Waals surface area (Å²) in [7, 11) is 1.73. The highest BCUT2D eigenvalue weighted by Gasteiger charge is 2.21. The number of rotatable bonds is 2. The third-order valence-electron chi connectivity index (χ3n) is 3.57. The van der Waals surface area contributed by atoms with E-state index in [4.69, 9.17) is 0 Å². The van der Waals surface area contributed by atoms with E-state index in [2.05, 4.69) is 5.32 Å². The average Bonchev–Trinajstić information content (AvgIpc) is 2.41. The SMILES string of the molecule is CC(C)c1ccc(C(=O)N2CCNCC2)c(=O)n1C. The summed E-state index contributed by atoms with van der Waals surface area (Å²) in [4.78, 5) is 26.4. The Morgan fingerprint density at radius 1 is 1.26 bits per heavy atom. The molecule has 5 heteroatoms. The molecule has 0 radical (unpaired) electrons. The van der Waals surface area contributed by atoms with Crippen LogP contribution < -0.4 is 10.9 Å². The number of piperazine rings is 1. The first-order valence-corrected chi connectivity index (χ1v) is 6.72. The van der Waals surface area contributed by atoms with Crippen molar-refractivity contribution in [3.8, 4) is 0 Å². The summed E-state index contributed by atoms with van der Waals surface area (Å²) < 4.78 is 1.58. The fourth-order valence-electron chi connectivity index (χ4n) is 2.43.